The van der Waals surface area contributed by atoms with Crippen LogP contribution < -0.4 is 9.46 Å². The monoisotopic (exact) mass is 483 g/mol. The predicted octanol–water partition coefficient (Wildman–Crippen LogP) is 5.79. The number of aromatic nitrogens is 2. The number of anilines is 1. The molecule has 0 amide bonds. The van der Waals surface area contributed by atoms with Gasteiger partial charge in [0.2, 0.25) is 0 Å². The molecule has 0 aliphatic carbocycles. The van der Waals surface area contributed by atoms with Gasteiger partial charge in [-0.2, -0.15) is 0 Å². The van der Waals surface area contributed by atoms with Crippen LogP contribution in [0.15, 0.2) is 93.0 Å². The first-order valence-corrected chi connectivity index (χ1v) is 11.8. The van der Waals surface area contributed by atoms with Crippen molar-refractivity contribution in [1.82, 2.24) is 9.97 Å². The van der Waals surface area contributed by atoms with Crippen LogP contribution in [-0.2, 0) is 10.0 Å². The van der Waals surface area contributed by atoms with Crippen molar-refractivity contribution in [2.24, 2.45) is 0 Å². The maximum Gasteiger partial charge on any atom is 0.263 e. The van der Waals surface area contributed by atoms with E-state index in [-0.39, 0.29) is 21.5 Å². The molecular weight excluding hydrogens is 469 g/mol. The van der Waals surface area contributed by atoms with E-state index in [2.05, 4.69) is 14.7 Å². The lowest BCUT2D eigenvalue weighted by Gasteiger charge is -2.13. The Morgan fingerprint density at radius 1 is 0.970 bits per heavy atom. The Bertz CT molecular complexity index is 1480. The standard InChI is InChI=1S/C22H14FN3O5S2/c23-18-9-16(33(27,28)26-22-24-5-8-32-22)1-2-20(18)31-21-11-25-19(15-4-7-30-13-15)10-17(21)14-3-6-29-12-14/h1-13H,(H,24,26). The summed E-state index contributed by atoms with van der Waals surface area (Å²) in [5.74, 6) is -0.751. The number of thiazole rings is 1. The number of furan rings is 2. The molecule has 0 bridgehead atoms. The molecule has 5 aromatic rings. The van der Waals surface area contributed by atoms with Crippen LogP contribution in [0.4, 0.5) is 9.52 Å². The second-order valence-electron chi connectivity index (χ2n) is 6.73. The van der Waals surface area contributed by atoms with Gasteiger partial charge < -0.3 is 13.6 Å². The second kappa shape index (κ2) is 8.52. The lowest BCUT2D eigenvalue weighted by Crippen LogP contribution is -2.13. The molecule has 0 unspecified atom stereocenters. The summed E-state index contributed by atoms with van der Waals surface area (Å²) in [5.41, 5.74) is 2.70. The number of pyridine rings is 1. The molecule has 1 aromatic carbocycles. The van der Waals surface area contributed by atoms with Crippen molar-refractivity contribution in [3.8, 4) is 33.9 Å². The summed E-state index contributed by atoms with van der Waals surface area (Å²) >= 11 is 1.11. The van der Waals surface area contributed by atoms with E-state index in [4.69, 9.17) is 13.6 Å². The zero-order chi connectivity index (χ0) is 22.8. The van der Waals surface area contributed by atoms with Gasteiger partial charge in [0.1, 0.15) is 0 Å². The van der Waals surface area contributed by atoms with Gasteiger partial charge in [0.25, 0.3) is 10.0 Å². The summed E-state index contributed by atoms with van der Waals surface area (Å²) in [6.07, 6.45) is 9.04. The summed E-state index contributed by atoms with van der Waals surface area (Å²) in [5, 5.41) is 1.81. The molecule has 5 rings (SSSR count). The molecule has 0 fully saturated rings. The largest absolute Gasteiger partial charge is 0.472 e. The highest BCUT2D eigenvalue weighted by Gasteiger charge is 2.20. The fourth-order valence-electron chi connectivity index (χ4n) is 3.03. The Morgan fingerprint density at radius 3 is 2.42 bits per heavy atom. The van der Waals surface area contributed by atoms with Gasteiger partial charge in [-0.25, -0.2) is 17.8 Å². The summed E-state index contributed by atoms with van der Waals surface area (Å²) in [4.78, 5) is 7.98. The normalized spacial score (nSPS) is 11.4. The van der Waals surface area contributed by atoms with E-state index in [0.717, 1.165) is 23.0 Å². The van der Waals surface area contributed by atoms with Gasteiger partial charge in [0.05, 0.1) is 41.8 Å². The third-order valence-corrected chi connectivity index (χ3v) is 6.76. The van der Waals surface area contributed by atoms with E-state index in [9.17, 15) is 12.8 Å². The van der Waals surface area contributed by atoms with Crippen LogP contribution in [0.5, 0.6) is 11.5 Å². The number of halogens is 1. The minimum atomic E-state index is -4.00. The number of nitrogens with zero attached hydrogens (tertiary/aromatic N) is 2. The highest BCUT2D eigenvalue weighted by atomic mass is 32.2. The zero-order valence-electron chi connectivity index (χ0n) is 16.6. The van der Waals surface area contributed by atoms with Crippen LogP contribution in [0, 0.1) is 5.82 Å². The van der Waals surface area contributed by atoms with Crippen molar-refractivity contribution >= 4 is 26.5 Å². The van der Waals surface area contributed by atoms with Crippen LogP contribution in [0.1, 0.15) is 0 Å². The Balaban J connectivity index is 1.47. The van der Waals surface area contributed by atoms with Crippen molar-refractivity contribution in [3.05, 3.63) is 85.0 Å². The summed E-state index contributed by atoms with van der Waals surface area (Å²) in [7, 11) is -4.00. The van der Waals surface area contributed by atoms with Gasteiger partial charge in [0.15, 0.2) is 22.4 Å². The molecule has 0 spiro atoms. The molecule has 4 aromatic heterocycles. The van der Waals surface area contributed by atoms with E-state index in [1.54, 1.807) is 29.8 Å². The van der Waals surface area contributed by atoms with E-state index in [0.29, 0.717) is 16.8 Å². The molecule has 0 aliphatic rings. The van der Waals surface area contributed by atoms with Crippen LogP contribution >= 0.6 is 11.3 Å². The Hall–Kier alpha value is -3.96. The number of ether oxygens (including phenoxy) is 1. The van der Waals surface area contributed by atoms with Crippen molar-refractivity contribution in [2.45, 2.75) is 4.90 Å². The van der Waals surface area contributed by atoms with Gasteiger partial charge in [0, 0.05) is 28.3 Å². The number of hydrogen-bond donors (Lipinski definition) is 1. The van der Waals surface area contributed by atoms with Crippen LogP contribution in [0.25, 0.3) is 22.4 Å². The third-order valence-electron chi connectivity index (χ3n) is 4.60. The molecule has 8 nitrogen and oxygen atoms in total. The average molecular weight is 484 g/mol. The first kappa shape index (κ1) is 20.9. The molecular formula is C22H14FN3O5S2. The highest BCUT2D eigenvalue weighted by molar-refractivity contribution is 7.93. The molecule has 0 saturated heterocycles. The Morgan fingerprint density at radius 2 is 1.76 bits per heavy atom. The minimum Gasteiger partial charge on any atom is -0.472 e. The van der Waals surface area contributed by atoms with Crippen molar-refractivity contribution < 1.29 is 26.4 Å². The molecule has 1 N–H and O–H groups in total. The van der Waals surface area contributed by atoms with Crippen molar-refractivity contribution in [1.29, 1.82) is 0 Å². The third kappa shape index (κ3) is 4.36. The van der Waals surface area contributed by atoms with Crippen molar-refractivity contribution in [3.63, 3.8) is 0 Å². The molecule has 33 heavy (non-hydrogen) atoms. The maximum atomic E-state index is 14.8. The highest BCUT2D eigenvalue weighted by Crippen LogP contribution is 2.37. The lowest BCUT2D eigenvalue weighted by atomic mass is 10.1. The first-order chi connectivity index (χ1) is 16.0. The molecule has 4 heterocycles. The maximum absolute atomic E-state index is 14.8. The van der Waals surface area contributed by atoms with E-state index >= 15 is 0 Å². The van der Waals surface area contributed by atoms with Crippen molar-refractivity contribution in [2.75, 3.05) is 4.72 Å². The topological polar surface area (TPSA) is 107 Å². The predicted molar refractivity (Wildman–Crippen MR) is 119 cm³/mol. The van der Waals surface area contributed by atoms with Crippen LogP contribution in [0.3, 0.4) is 0 Å². The molecule has 0 atom stereocenters. The van der Waals surface area contributed by atoms with Crippen LogP contribution in [0.2, 0.25) is 0 Å². The van der Waals surface area contributed by atoms with Crippen LogP contribution in [-0.4, -0.2) is 18.4 Å². The van der Waals surface area contributed by atoms with E-state index in [1.807, 2.05) is 0 Å². The molecule has 0 aliphatic heterocycles. The van der Waals surface area contributed by atoms with Gasteiger partial charge in [-0.1, -0.05) is 0 Å². The number of benzene rings is 1. The fourth-order valence-corrected chi connectivity index (χ4v) is 4.83. The second-order valence-corrected chi connectivity index (χ2v) is 9.30. The number of rotatable bonds is 7. The summed E-state index contributed by atoms with van der Waals surface area (Å²) in [6, 6.07) is 8.64. The van der Waals surface area contributed by atoms with E-state index < -0.39 is 15.8 Å². The zero-order valence-corrected chi connectivity index (χ0v) is 18.3. The SMILES string of the molecule is O=S(=O)(Nc1nccs1)c1ccc(Oc2cnc(-c3ccoc3)cc2-c2ccoc2)c(F)c1. The van der Waals surface area contributed by atoms with E-state index in [1.165, 1.54) is 43.3 Å². The van der Waals surface area contributed by atoms with Gasteiger partial charge in [-0.05, 0) is 36.4 Å². The van der Waals surface area contributed by atoms with Gasteiger partial charge in [-0.3, -0.25) is 9.71 Å². The first-order valence-electron chi connectivity index (χ1n) is 9.44. The molecule has 11 heteroatoms. The molecule has 0 radical (unpaired) electrons. The van der Waals surface area contributed by atoms with Gasteiger partial charge >= 0.3 is 0 Å². The minimum absolute atomic E-state index is 0.161. The fraction of sp³-hybridized carbons (Fsp3) is 0. The summed E-state index contributed by atoms with van der Waals surface area (Å²) in [6.45, 7) is 0. The average Bonchev–Trinajstić information content (AvgIpc) is 3.58. The Kier molecular flexibility index (Phi) is 5.40. The van der Waals surface area contributed by atoms with Gasteiger partial charge in [-0.15, -0.1) is 11.3 Å². The quantitative estimate of drug-likeness (QED) is 0.312. The molecule has 166 valence electrons. The lowest BCUT2D eigenvalue weighted by molar-refractivity contribution is 0.440. The smallest absolute Gasteiger partial charge is 0.263 e. The molecule has 0 saturated carbocycles. The number of nitrogens with one attached hydrogen (secondary N) is 1. The Labute approximate surface area is 191 Å². The number of sulfonamides is 1. The summed E-state index contributed by atoms with van der Waals surface area (Å²) < 4.78 is 58.2. The number of hydrogen-bond acceptors (Lipinski definition) is 8.